The highest BCUT2D eigenvalue weighted by molar-refractivity contribution is 5.65. The molecule has 45 heavy (non-hydrogen) atoms. The molecule has 0 radical (unpaired) electrons. The van der Waals surface area contributed by atoms with Crippen LogP contribution >= 0.6 is 0 Å². The number of fused-ring (bicyclic) bond motifs is 7. The summed E-state index contributed by atoms with van der Waals surface area (Å²) < 4.78 is 9.64. The molecule has 5 fully saturated rings. The molecule has 5 aliphatic carbocycles. The zero-order valence-electron chi connectivity index (χ0n) is 29.3. The zero-order valence-corrected chi connectivity index (χ0v) is 29.3. The topological polar surface area (TPSA) is 145 Å². The number of nitrogens with two attached hydrogens (primary N) is 2. The van der Waals surface area contributed by atoms with Gasteiger partial charge in [-0.15, -0.1) is 0 Å². The fourth-order valence-electron chi connectivity index (χ4n) is 13.6. The van der Waals surface area contributed by atoms with E-state index in [1.165, 1.54) is 70.6 Å². The largest absolute Gasteiger partial charge is 0.446 e. The first-order chi connectivity index (χ1) is 20.9. The number of amides is 2. The summed E-state index contributed by atoms with van der Waals surface area (Å²) in [6, 6.07) is 0. The Labute approximate surface area is 272 Å². The molecule has 13 atom stereocenters. The summed E-state index contributed by atoms with van der Waals surface area (Å²) >= 11 is 0. The number of carbonyl (C=O) groups is 2. The number of rotatable bonds is 9. The van der Waals surface area contributed by atoms with E-state index in [9.17, 15) is 19.8 Å². The third-order valence-corrected chi connectivity index (χ3v) is 15.8. The Bertz CT molecular complexity index is 1110. The van der Waals surface area contributed by atoms with E-state index in [1.54, 1.807) is 0 Å². The van der Waals surface area contributed by atoms with Crippen LogP contribution in [0.5, 0.6) is 0 Å². The lowest BCUT2D eigenvalue weighted by molar-refractivity contribution is -0.241. The van der Waals surface area contributed by atoms with Crippen LogP contribution in [0.15, 0.2) is 0 Å². The molecule has 5 aliphatic rings. The van der Waals surface area contributed by atoms with Crippen molar-refractivity contribution < 1.29 is 29.3 Å². The summed E-state index contributed by atoms with van der Waals surface area (Å²) in [5.41, 5.74) is 12.2. The SMILES string of the molecule is CC(CCC(O)C(O)C(COC(N)=O)OC(N)=O)C1CCC2(C)C1CCC1(C)C2CCC2C3(C)CCCC(C)(C)C3CCC21C. The van der Waals surface area contributed by atoms with Gasteiger partial charge < -0.3 is 31.2 Å². The molecule has 5 saturated carbocycles. The second-order valence-corrected chi connectivity index (χ2v) is 18.0. The van der Waals surface area contributed by atoms with E-state index in [0.717, 1.165) is 24.2 Å². The summed E-state index contributed by atoms with van der Waals surface area (Å²) in [5.74, 6) is 4.10. The van der Waals surface area contributed by atoms with Crippen molar-refractivity contribution in [2.24, 2.45) is 74.0 Å². The Kier molecular flexibility index (Phi) is 9.40. The molecule has 13 unspecified atom stereocenters. The molecule has 0 heterocycles. The summed E-state index contributed by atoms with van der Waals surface area (Å²) in [4.78, 5) is 22.4. The van der Waals surface area contributed by atoms with Crippen LogP contribution in [0, 0.1) is 62.6 Å². The van der Waals surface area contributed by atoms with E-state index in [2.05, 4.69) is 48.5 Å². The number of aliphatic hydroxyl groups is 2. The quantitative estimate of drug-likeness (QED) is 0.212. The fourth-order valence-corrected chi connectivity index (χ4v) is 13.6. The number of aliphatic hydroxyl groups excluding tert-OH is 2. The van der Waals surface area contributed by atoms with Gasteiger partial charge in [0.1, 0.15) is 12.7 Å². The maximum Gasteiger partial charge on any atom is 0.404 e. The summed E-state index contributed by atoms with van der Waals surface area (Å²) in [6.45, 7) is 17.7. The Morgan fingerprint density at radius 3 is 2.00 bits per heavy atom. The van der Waals surface area contributed by atoms with Crippen molar-refractivity contribution in [2.75, 3.05) is 6.61 Å². The molecule has 2 amide bonds. The van der Waals surface area contributed by atoms with Crippen molar-refractivity contribution in [2.45, 2.75) is 150 Å². The van der Waals surface area contributed by atoms with E-state index in [-0.39, 0.29) is 0 Å². The van der Waals surface area contributed by atoms with Crippen LogP contribution in [0.1, 0.15) is 132 Å². The molecule has 6 N–H and O–H groups in total. The van der Waals surface area contributed by atoms with Crippen molar-refractivity contribution in [1.29, 1.82) is 0 Å². The van der Waals surface area contributed by atoms with Crippen LogP contribution in [0.2, 0.25) is 0 Å². The molecule has 5 rings (SSSR count). The lowest BCUT2D eigenvalue weighted by Crippen LogP contribution is -2.65. The van der Waals surface area contributed by atoms with Gasteiger partial charge in [0.15, 0.2) is 6.10 Å². The first kappa shape index (κ1) is 34.8. The molecular formula is C37H64N2O6. The third-order valence-electron chi connectivity index (χ3n) is 15.8. The van der Waals surface area contributed by atoms with Crippen molar-refractivity contribution in [1.82, 2.24) is 0 Å². The van der Waals surface area contributed by atoms with Crippen LogP contribution in [-0.4, -0.2) is 47.3 Å². The second-order valence-electron chi connectivity index (χ2n) is 18.0. The Morgan fingerprint density at radius 2 is 1.38 bits per heavy atom. The van der Waals surface area contributed by atoms with Gasteiger partial charge in [-0.25, -0.2) is 9.59 Å². The normalized spacial score (nSPS) is 44.6. The molecule has 0 bridgehead atoms. The molecule has 8 nitrogen and oxygen atoms in total. The van der Waals surface area contributed by atoms with Crippen molar-refractivity contribution in [3.8, 4) is 0 Å². The molecule has 258 valence electrons. The molecule has 0 aromatic carbocycles. The Morgan fingerprint density at radius 1 is 0.756 bits per heavy atom. The highest BCUT2D eigenvalue weighted by Crippen LogP contribution is 2.78. The third kappa shape index (κ3) is 5.70. The molecule has 0 aromatic rings. The van der Waals surface area contributed by atoms with Gasteiger partial charge in [-0.1, -0.05) is 54.9 Å². The van der Waals surface area contributed by atoms with E-state index in [1.807, 2.05) is 0 Å². The zero-order chi connectivity index (χ0) is 33.2. The van der Waals surface area contributed by atoms with Crippen molar-refractivity contribution >= 4 is 12.2 Å². The van der Waals surface area contributed by atoms with Gasteiger partial charge in [-0.05, 0) is 140 Å². The number of hydrogen-bond donors (Lipinski definition) is 4. The molecule has 0 saturated heterocycles. The first-order valence-electron chi connectivity index (χ1n) is 18.1. The molecule has 0 aromatic heterocycles. The van der Waals surface area contributed by atoms with Gasteiger partial charge in [0.05, 0.1) is 6.10 Å². The molecule has 0 spiro atoms. The predicted octanol–water partition coefficient (Wildman–Crippen LogP) is 7.18. The maximum absolute atomic E-state index is 11.3. The Balaban J connectivity index is 1.26. The van der Waals surface area contributed by atoms with Crippen LogP contribution in [-0.2, 0) is 9.47 Å². The average Bonchev–Trinajstić information content (AvgIpc) is 3.30. The van der Waals surface area contributed by atoms with Gasteiger partial charge in [0, 0.05) is 0 Å². The van der Waals surface area contributed by atoms with E-state index in [0.29, 0.717) is 51.2 Å². The highest BCUT2D eigenvalue weighted by Gasteiger charge is 2.70. The second kappa shape index (κ2) is 12.2. The van der Waals surface area contributed by atoms with Crippen LogP contribution < -0.4 is 11.5 Å². The van der Waals surface area contributed by atoms with Crippen LogP contribution in [0.25, 0.3) is 0 Å². The predicted molar refractivity (Wildman–Crippen MR) is 175 cm³/mol. The van der Waals surface area contributed by atoms with Crippen LogP contribution in [0.4, 0.5) is 9.59 Å². The van der Waals surface area contributed by atoms with Crippen molar-refractivity contribution in [3.05, 3.63) is 0 Å². The number of hydrogen-bond acceptors (Lipinski definition) is 6. The lowest BCUT2D eigenvalue weighted by Gasteiger charge is -2.73. The molecule has 0 aliphatic heterocycles. The van der Waals surface area contributed by atoms with E-state index >= 15 is 0 Å². The maximum atomic E-state index is 11.3. The number of carbonyl (C=O) groups excluding carboxylic acids is 2. The van der Waals surface area contributed by atoms with Gasteiger partial charge in [-0.2, -0.15) is 0 Å². The van der Waals surface area contributed by atoms with Crippen LogP contribution in [0.3, 0.4) is 0 Å². The summed E-state index contributed by atoms with van der Waals surface area (Å²) in [7, 11) is 0. The summed E-state index contributed by atoms with van der Waals surface area (Å²) in [5, 5.41) is 21.6. The molecule has 8 heteroatoms. The van der Waals surface area contributed by atoms with E-state index < -0.39 is 37.1 Å². The fraction of sp³-hybridized carbons (Fsp3) is 0.946. The number of ether oxygens (including phenoxy) is 2. The average molecular weight is 633 g/mol. The van der Waals surface area contributed by atoms with Gasteiger partial charge in [0.25, 0.3) is 0 Å². The Hall–Kier alpha value is -1.54. The monoisotopic (exact) mass is 632 g/mol. The van der Waals surface area contributed by atoms with Gasteiger partial charge in [-0.3, -0.25) is 0 Å². The van der Waals surface area contributed by atoms with Crippen molar-refractivity contribution in [3.63, 3.8) is 0 Å². The standard InChI is InChI=1S/C37H64N2O6/c1-22(9-10-25(40)30(41)26(45-32(39)43)21-44-31(38)42)23-13-18-34(4)24(23)14-19-36(6)28(34)11-12-29-35(5)17-8-16-33(2,3)27(35)15-20-37(29,36)7/h22-30,40-41H,8-21H2,1-7H3,(H2,38,42)(H2,39,43). The van der Waals surface area contributed by atoms with Gasteiger partial charge in [0.2, 0.25) is 0 Å². The minimum Gasteiger partial charge on any atom is -0.446 e. The number of primary amides is 2. The lowest BCUT2D eigenvalue weighted by atomic mass is 9.32. The first-order valence-corrected chi connectivity index (χ1v) is 18.1. The smallest absolute Gasteiger partial charge is 0.404 e. The van der Waals surface area contributed by atoms with E-state index in [4.69, 9.17) is 20.9 Å². The summed E-state index contributed by atoms with van der Waals surface area (Å²) in [6.07, 6.45) is 9.93. The minimum atomic E-state index is -1.43. The van der Waals surface area contributed by atoms with Gasteiger partial charge >= 0.3 is 12.2 Å². The minimum absolute atomic E-state index is 0.341. The molecular weight excluding hydrogens is 568 g/mol. The highest BCUT2D eigenvalue weighted by atomic mass is 16.6.